The molecule has 0 spiro atoms. The van der Waals surface area contributed by atoms with Crippen molar-refractivity contribution in [1.82, 2.24) is 9.71 Å². The first-order valence-corrected chi connectivity index (χ1v) is 8.34. The molecule has 2 rings (SSSR count). The summed E-state index contributed by atoms with van der Waals surface area (Å²) in [5.74, 6) is 0.402. The van der Waals surface area contributed by atoms with Gasteiger partial charge >= 0.3 is 0 Å². The molecule has 0 aromatic carbocycles. The van der Waals surface area contributed by atoms with E-state index in [1.807, 2.05) is 6.92 Å². The van der Waals surface area contributed by atoms with Crippen molar-refractivity contribution in [2.24, 2.45) is 10.8 Å². The quantitative estimate of drug-likeness (QED) is 0.874. The minimum atomic E-state index is -3.57. The van der Waals surface area contributed by atoms with Gasteiger partial charge in [-0.2, -0.15) is 0 Å². The molecule has 1 aliphatic rings. The van der Waals surface area contributed by atoms with E-state index >= 15 is 0 Å². The molecule has 0 aliphatic heterocycles. The number of pyridine rings is 1. The van der Waals surface area contributed by atoms with E-state index in [9.17, 15) is 8.42 Å². The molecule has 0 radical (unpaired) electrons. The Hall–Kier alpha value is -1.14. The van der Waals surface area contributed by atoms with Gasteiger partial charge in [0.05, 0.1) is 0 Å². The van der Waals surface area contributed by atoms with Gasteiger partial charge in [-0.1, -0.05) is 27.7 Å². The van der Waals surface area contributed by atoms with E-state index in [2.05, 4.69) is 42.7 Å². The molecule has 112 valence electrons. The van der Waals surface area contributed by atoms with Crippen LogP contribution < -0.4 is 10.0 Å². The summed E-state index contributed by atoms with van der Waals surface area (Å²) in [4.78, 5) is 4.31. The van der Waals surface area contributed by atoms with Crippen LogP contribution in [0.3, 0.4) is 0 Å². The SMILES string of the molecule is CCNc1ncccc1S(=O)(=O)NC1C(C)(C)C1(C)C. The topological polar surface area (TPSA) is 71.1 Å². The lowest BCUT2D eigenvalue weighted by Gasteiger charge is -2.12. The van der Waals surface area contributed by atoms with Crippen LogP contribution in [-0.4, -0.2) is 26.0 Å². The van der Waals surface area contributed by atoms with Gasteiger partial charge in [0.1, 0.15) is 10.7 Å². The Kier molecular flexibility index (Phi) is 3.59. The summed E-state index contributed by atoms with van der Waals surface area (Å²) in [6, 6.07) is 3.16. The Labute approximate surface area is 121 Å². The highest BCUT2D eigenvalue weighted by Gasteiger charge is 2.66. The molecule has 0 amide bonds. The fourth-order valence-electron chi connectivity index (χ4n) is 2.62. The first-order chi connectivity index (χ1) is 9.14. The lowest BCUT2D eigenvalue weighted by molar-refractivity contribution is 0.457. The minimum absolute atomic E-state index is 0.0410. The first kappa shape index (κ1) is 15.3. The van der Waals surface area contributed by atoms with Crippen molar-refractivity contribution in [3.8, 4) is 0 Å². The Morgan fingerprint density at radius 2 is 1.85 bits per heavy atom. The van der Waals surface area contributed by atoms with Crippen molar-refractivity contribution in [2.45, 2.75) is 45.6 Å². The molecule has 1 aliphatic carbocycles. The largest absolute Gasteiger partial charge is 0.369 e. The molecule has 1 heterocycles. The van der Waals surface area contributed by atoms with Gasteiger partial charge in [0.15, 0.2) is 0 Å². The predicted molar refractivity (Wildman–Crippen MR) is 80.1 cm³/mol. The fraction of sp³-hybridized carbons (Fsp3) is 0.643. The molecular formula is C14H23N3O2S. The zero-order chi connectivity index (χ0) is 15.2. The molecule has 5 nitrogen and oxygen atoms in total. The standard InChI is InChI=1S/C14H23N3O2S/c1-6-15-11-10(8-7-9-16-11)20(18,19)17-12-13(2,3)14(12,4)5/h7-9,12,17H,6H2,1-5H3,(H,15,16). The maximum Gasteiger partial charge on any atom is 0.244 e. The summed E-state index contributed by atoms with van der Waals surface area (Å²) in [6.45, 7) is 10.8. The van der Waals surface area contributed by atoms with Crippen LogP contribution in [0.15, 0.2) is 23.2 Å². The molecule has 6 heteroatoms. The summed E-state index contributed by atoms with van der Waals surface area (Å²) in [6.07, 6.45) is 1.59. The average Bonchev–Trinajstić information content (AvgIpc) is 2.72. The highest BCUT2D eigenvalue weighted by Crippen LogP contribution is 2.63. The molecule has 0 atom stereocenters. The molecule has 0 bridgehead atoms. The maximum atomic E-state index is 12.6. The Morgan fingerprint density at radius 3 is 2.35 bits per heavy atom. The molecule has 1 aromatic rings. The molecule has 0 unspecified atom stereocenters. The van der Waals surface area contributed by atoms with E-state index in [0.717, 1.165) is 0 Å². The van der Waals surface area contributed by atoms with Crippen molar-refractivity contribution in [2.75, 3.05) is 11.9 Å². The summed E-state index contributed by atoms with van der Waals surface area (Å²) in [7, 11) is -3.57. The number of hydrogen-bond acceptors (Lipinski definition) is 4. The number of sulfonamides is 1. The zero-order valence-corrected chi connectivity index (χ0v) is 13.5. The van der Waals surface area contributed by atoms with Crippen molar-refractivity contribution in [1.29, 1.82) is 0 Å². The van der Waals surface area contributed by atoms with Gasteiger partial charge in [-0.05, 0) is 29.9 Å². The molecular weight excluding hydrogens is 274 g/mol. The average molecular weight is 297 g/mol. The number of nitrogens with one attached hydrogen (secondary N) is 2. The zero-order valence-electron chi connectivity index (χ0n) is 12.7. The monoisotopic (exact) mass is 297 g/mol. The number of aromatic nitrogens is 1. The second-order valence-corrected chi connectivity index (χ2v) is 8.06. The van der Waals surface area contributed by atoms with Gasteiger partial charge < -0.3 is 5.32 Å². The van der Waals surface area contributed by atoms with E-state index in [0.29, 0.717) is 12.4 Å². The third-order valence-corrected chi connectivity index (χ3v) is 6.15. The lowest BCUT2D eigenvalue weighted by atomic mass is 10.0. The van der Waals surface area contributed by atoms with Gasteiger partial charge in [0.25, 0.3) is 0 Å². The highest BCUT2D eigenvalue weighted by molar-refractivity contribution is 7.89. The Balaban J connectivity index is 2.29. The summed E-state index contributed by atoms with van der Waals surface area (Å²) >= 11 is 0. The van der Waals surface area contributed by atoms with E-state index in [1.54, 1.807) is 18.3 Å². The van der Waals surface area contributed by atoms with Crippen LogP contribution in [0.25, 0.3) is 0 Å². The Bertz CT molecular complexity index is 595. The normalized spacial score (nSPS) is 20.6. The van der Waals surface area contributed by atoms with Gasteiger partial charge in [-0.3, -0.25) is 0 Å². The van der Waals surface area contributed by atoms with Crippen LogP contribution in [0.4, 0.5) is 5.82 Å². The second-order valence-electron chi connectivity index (χ2n) is 6.38. The number of anilines is 1. The number of nitrogens with zero attached hydrogens (tertiary/aromatic N) is 1. The van der Waals surface area contributed by atoms with Crippen molar-refractivity contribution >= 4 is 15.8 Å². The van der Waals surface area contributed by atoms with Crippen LogP contribution in [-0.2, 0) is 10.0 Å². The van der Waals surface area contributed by atoms with Gasteiger partial charge in [0.2, 0.25) is 10.0 Å². The van der Waals surface area contributed by atoms with Gasteiger partial charge in [-0.25, -0.2) is 18.1 Å². The van der Waals surface area contributed by atoms with E-state index in [-0.39, 0.29) is 21.8 Å². The highest BCUT2D eigenvalue weighted by atomic mass is 32.2. The third-order valence-electron chi connectivity index (χ3n) is 4.70. The van der Waals surface area contributed by atoms with Crippen molar-refractivity contribution in [3.63, 3.8) is 0 Å². The lowest BCUT2D eigenvalue weighted by Crippen LogP contribution is -2.30. The molecule has 1 fully saturated rings. The van der Waals surface area contributed by atoms with E-state index in [1.165, 1.54) is 0 Å². The second kappa shape index (κ2) is 4.70. The number of hydrogen-bond donors (Lipinski definition) is 2. The number of rotatable bonds is 5. The van der Waals surface area contributed by atoms with E-state index < -0.39 is 10.0 Å². The molecule has 0 saturated heterocycles. The smallest absolute Gasteiger partial charge is 0.244 e. The fourth-order valence-corrected chi connectivity index (χ4v) is 4.28. The molecule has 20 heavy (non-hydrogen) atoms. The Morgan fingerprint density at radius 1 is 1.25 bits per heavy atom. The first-order valence-electron chi connectivity index (χ1n) is 6.86. The van der Waals surface area contributed by atoms with Crippen LogP contribution in [0.5, 0.6) is 0 Å². The van der Waals surface area contributed by atoms with Gasteiger partial charge in [0, 0.05) is 18.8 Å². The van der Waals surface area contributed by atoms with Crippen molar-refractivity contribution in [3.05, 3.63) is 18.3 Å². The summed E-state index contributed by atoms with van der Waals surface area (Å²) in [5, 5.41) is 2.99. The third kappa shape index (κ3) is 2.31. The molecule has 1 aromatic heterocycles. The van der Waals surface area contributed by atoms with Crippen LogP contribution in [0.1, 0.15) is 34.6 Å². The van der Waals surface area contributed by atoms with Crippen molar-refractivity contribution < 1.29 is 8.42 Å². The molecule has 2 N–H and O–H groups in total. The molecule has 1 saturated carbocycles. The minimum Gasteiger partial charge on any atom is -0.369 e. The van der Waals surface area contributed by atoms with Crippen LogP contribution in [0, 0.1) is 10.8 Å². The summed E-state index contributed by atoms with van der Waals surface area (Å²) in [5.41, 5.74) is -0.0821. The predicted octanol–water partition coefficient (Wildman–Crippen LogP) is 2.23. The van der Waals surface area contributed by atoms with Crippen LogP contribution in [0.2, 0.25) is 0 Å². The van der Waals surface area contributed by atoms with E-state index in [4.69, 9.17) is 0 Å². The van der Waals surface area contributed by atoms with Crippen LogP contribution >= 0.6 is 0 Å². The summed E-state index contributed by atoms with van der Waals surface area (Å²) < 4.78 is 27.9. The van der Waals surface area contributed by atoms with Gasteiger partial charge in [-0.15, -0.1) is 0 Å². The maximum absolute atomic E-state index is 12.6.